The minimum atomic E-state index is -2.96. The van der Waals surface area contributed by atoms with Crippen molar-refractivity contribution < 1.29 is 23.0 Å². The first-order valence-electron chi connectivity index (χ1n) is 8.51. The predicted octanol–water partition coefficient (Wildman–Crippen LogP) is 4.00. The van der Waals surface area contributed by atoms with E-state index in [9.17, 15) is 13.6 Å². The first-order chi connectivity index (χ1) is 11.5. The van der Waals surface area contributed by atoms with Crippen molar-refractivity contribution >= 4 is 5.91 Å². The summed E-state index contributed by atoms with van der Waals surface area (Å²) in [4.78, 5) is 12.5. The second-order valence-corrected chi connectivity index (χ2v) is 6.06. The van der Waals surface area contributed by atoms with Crippen LogP contribution in [0.15, 0.2) is 24.3 Å². The fraction of sp³-hybridized carbons (Fsp3) is 0.611. The number of carbonyl (C=O) groups is 1. The van der Waals surface area contributed by atoms with Crippen LogP contribution in [0.5, 0.6) is 5.75 Å². The molecule has 0 radical (unpaired) electrons. The molecule has 1 aromatic carbocycles. The highest BCUT2D eigenvalue weighted by molar-refractivity contribution is 5.97. The first kappa shape index (κ1) is 18.6. The van der Waals surface area contributed by atoms with E-state index in [4.69, 9.17) is 4.74 Å². The van der Waals surface area contributed by atoms with E-state index in [1.807, 2.05) is 0 Å². The van der Waals surface area contributed by atoms with Gasteiger partial charge in [-0.15, -0.1) is 0 Å². The maximum atomic E-state index is 12.5. The van der Waals surface area contributed by atoms with Crippen molar-refractivity contribution in [1.29, 1.82) is 0 Å². The molecule has 1 heterocycles. The van der Waals surface area contributed by atoms with Gasteiger partial charge in [0.25, 0.3) is 5.91 Å². The van der Waals surface area contributed by atoms with Crippen LogP contribution >= 0.6 is 0 Å². The molecule has 1 aliphatic rings. The van der Waals surface area contributed by atoms with Crippen LogP contribution in [-0.4, -0.2) is 31.3 Å². The topological polar surface area (TPSA) is 47.6 Å². The highest BCUT2D eigenvalue weighted by Crippen LogP contribution is 2.26. The Morgan fingerprint density at radius 2 is 2.04 bits per heavy atom. The third-order valence-corrected chi connectivity index (χ3v) is 4.57. The number of carbonyl (C=O) groups excluding carboxylic acids is 1. The summed E-state index contributed by atoms with van der Waals surface area (Å²) in [5.74, 6) is -0.0193. The van der Waals surface area contributed by atoms with E-state index >= 15 is 0 Å². The van der Waals surface area contributed by atoms with Crippen LogP contribution in [0.1, 0.15) is 49.9 Å². The Kier molecular flexibility index (Phi) is 6.97. The number of benzene rings is 1. The van der Waals surface area contributed by atoms with Gasteiger partial charge in [0, 0.05) is 12.6 Å². The zero-order valence-corrected chi connectivity index (χ0v) is 14.1. The van der Waals surface area contributed by atoms with E-state index in [1.54, 1.807) is 12.1 Å². The number of nitrogens with one attached hydrogen (secondary N) is 1. The molecule has 0 spiro atoms. The van der Waals surface area contributed by atoms with Crippen molar-refractivity contribution in [3.05, 3.63) is 29.8 Å². The molecular formula is C18H25F2NO3. The molecule has 2 atom stereocenters. The zero-order valence-electron chi connectivity index (χ0n) is 14.1. The van der Waals surface area contributed by atoms with Gasteiger partial charge in [0.2, 0.25) is 0 Å². The molecular weight excluding hydrogens is 316 g/mol. The van der Waals surface area contributed by atoms with Gasteiger partial charge in [-0.3, -0.25) is 4.79 Å². The van der Waals surface area contributed by atoms with Crippen molar-refractivity contribution in [2.75, 3.05) is 6.61 Å². The van der Waals surface area contributed by atoms with E-state index in [2.05, 4.69) is 23.9 Å². The number of rotatable bonds is 7. The van der Waals surface area contributed by atoms with E-state index in [-0.39, 0.29) is 29.4 Å². The van der Waals surface area contributed by atoms with Gasteiger partial charge < -0.3 is 14.8 Å². The van der Waals surface area contributed by atoms with E-state index in [1.165, 1.54) is 12.1 Å². The monoisotopic (exact) mass is 341 g/mol. The number of alkyl halides is 2. The molecule has 0 aliphatic carbocycles. The summed E-state index contributed by atoms with van der Waals surface area (Å²) >= 11 is 0. The standard InChI is InChI=1S/C18H25F2NO3/c1-3-12(4-2)16-11-13(9-10-23-16)21-17(22)14-7-5-6-8-15(14)24-18(19)20/h5-8,12-13,16,18H,3-4,9-11H2,1-2H3,(H,21,22)/t13-,16+/m1/s1. The van der Waals surface area contributed by atoms with Crippen molar-refractivity contribution in [1.82, 2.24) is 5.32 Å². The van der Waals surface area contributed by atoms with Gasteiger partial charge in [-0.25, -0.2) is 0 Å². The van der Waals surface area contributed by atoms with Crippen LogP contribution in [0.3, 0.4) is 0 Å². The lowest BCUT2D eigenvalue weighted by Gasteiger charge is -2.34. The molecule has 1 fully saturated rings. The van der Waals surface area contributed by atoms with Gasteiger partial charge in [0.15, 0.2) is 0 Å². The maximum Gasteiger partial charge on any atom is 0.387 e. The molecule has 24 heavy (non-hydrogen) atoms. The van der Waals surface area contributed by atoms with Crippen molar-refractivity contribution in [3.63, 3.8) is 0 Å². The van der Waals surface area contributed by atoms with Crippen LogP contribution in [0.2, 0.25) is 0 Å². The first-order valence-corrected chi connectivity index (χ1v) is 8.51. The normalized spacial score (nSPS) is 21.1. The van der Waals surface area contributed by atoms with Gasteiger partial charge in [0.05, 0.1) is 11.7 Å². The van der Waals surface area contributed by atoms with Crippen molar-refractivity contribution in [2.45, 2.75) is 58.3 Å². The molecule has 1 amide bonds. The Balaban J connectivity index is 2.02. The summed E-state index contributed by atoms with van der Waals surface area (Å²) in [5, 5.41) is 2.94. The minimum absolute atomic E-state index is 0.0172. The molecule has 0 saturated carbocycles. The second-order valence-electron chi connectivity index (χ2n) is 6.06. The van der Waals surface area contributed by atoms with Gasteiger partial charge in [-0.1, -0.05) is 38.8 Å². The number of ether oxygens (including phenoxy) is 2. The zero-order chi connectivity index (χ0) is 17.5. The van der Waals surface area contributed by atoms with E-state index in [0.29, 0.717) is 12.5 Å². The molecule has 1 aromatic rings. The fourth-order valence-corrected chi connectivity index (χ4v) is 3.22. The van der Waals surface area contributed by atoms with Gasteiger partial charge in [-0.05, 0) is 30.9 Å². The maximum absolute atomic E-state index is 12.5. The lowest BCUT2D eigenvalue weighted by molar-refractivity contribution is -0.0502. The Labute approximate surface area is 141 Å². The summed E-state index contributed by atoms with van der Waals surface area (Å²) in [6.45, 7) is 1.91. The number of amides is 1. The molecule has 4 nitrogen and oxygen atoms in total. The molecule has 134 valence electrons. The van der Waals surface area contributed by atoms with Gasteiger partial charge in [0.1, 0.15) is 5.75 Å². The third kappa shape index (κ3) is 4.90. The lowest BCUT2D eigenvalue weighted by atomic mass is 9.89. The summed E-state index contributed by atoms with van der Waals surface area (Å²) in [7, 11) is 0. The van der Waals surface area contributed by atoms with E-state index < -0.39 is 6.61 Å². The number of halogens is 2. The van der Waals surface area contributed by atoms with Crippen LogP contribution in [0.25, 0.3) is 0 Å². The van der Waals surface area contributed by atoms with Gasteiger partial charge in [-0.2, -0.15) is 8.78 Å². The Morgan fingerprint density at radius 3 is 2.71 bits per heavy atom. The quantitative estimate of drug-likeness (QED) is 0.815. The number of para-hydroxylation sites is 1. The van der Waals surface area contributed by atoms with Crippen molar-refractivity contribution in [3.8, 4) is 5.75 Å². The minimum Gasteiger partial charge on any atom is -0.434 e. The Hall–Kier alpha value is -1.69. The lowest BCUT2D eigenvalue weighted by Crippen LogP contribution is -2.44. The highest BCUT2D eigenvalue weighted by Gasteiger charge is 2.29. The van der Waals surface area contributed by atoms with Crippen LogP contribution in [0, 0.1) is 5.92 Å². The number of hydrogen-bond acceptors (Lipinski definition) is 3. The predicted molar refractivity (Wildman–Crippen MR) is 87.4 cm³/mol. The second kappa shape index (κ2) is 8.97. The SMILES string of the molecule is CCC(CC)[C@@H]1C[C@H](NC(=O)c2ccccc2OC(F)F)CCO1. The summed E-state index contributed by atoms with van der Waals surface area (Å²) in [5.41, 5.74) is 0.128. The third-order valence-electron chi connectivity index (χ3n) is 4.57. The van der Waals surface area contributed by atoms with E-state index in [0.717, 1.165) is 25.7 Å². The molecule has 0 aromatic heterocycles. The molecule has 1 aliphatic heterocycles. The van der Waals surface area contributed by atoms with Crippen LogP contribution in [-0.2, 0) is 4.74 Å². The largest absolute Gasteiger partial charge is 0.434 e. The molecule has 0 bridgehead atoms. The Bertz CT molecular complexity index is 535. The average Bonchev–Trinajstić information content (AvgIpc) is 2.56. The molecule has 6 heteroatoms. The van der Waals surface area contributed by atoms with Crippen LogP contribution in [0.4, 0.5) is 8.78 Å². The highest BCUT2D eigenvalue weighted by atomic mass is 19.3. The van der Waals surface area contributed by atoms with Crippen molar-refractivity contribution in [2.24, 2.45) is 5.92 Å². The van der Waals surface area contributed by atoms with Crippen LogP contribution < -0.4 is 10.1 Å². The molecule has 0 unspecified atom stereocenters. The summed E-state index contributed by atoms with van der Waals surface area (Å²) in [6, 6.07) is 6.04. The average molecular weight is 341 g/mol. The molecule has 1 N–H and O–H groups in total. The van der Waals surface area contributed by atoms with Gasteiger partial charge >= 0.3 is 6.61 Å². The molecule has 2 rings (SSSR count). The molecule has 1 saturated heterocycles. The summed E-state index contributed by atoms with van der Waals surface area (Å²) < 4.78 is 35.2. The Morgan fingerprint density at radius 1 is 1.33 bits per heavy atom. The fourth-order valence-electron chi connectivity index (χ4n) is 3.22. The smallest absolute Gasteiger partial charge is 0.387 e. The number of hydrogen-bond donors (Lipinski definition) is 1. The summed E-state index contributed by atoms with van der Waals surface area (Å²) in [6.07, 6.45) is 3.67.